The fourth-order valence-electron chi connectivity index (χ4n) is 2.75. The summed E-state index contributed by atoms with van der Waals surface area (Å²) in [4.78, 5) is 23.1. The molecule has 2 rings (SSSR count). The molecule has 1 unspecified atom stereocenters. The Kier molecular flexibility index (Phi) is 3.99. The monoisotopic (exact) mass is 270 g/mol. The SMILES string of the molecule is CCC1(CNC(=O)NC2(C(=O)O)CCOC2)CCC1. The first kappa shape index (κ1) is 14.1. The molecule has 2 amide bonds. The van der Waals surface area contributed by atoms with E-state index >= 15 is 0 Å². The first-order valence-corrected chi connectivity index (χ1v) is 6.89. The van der Waals surface area contributed by atoms with Crippen molar-refractivity contribution in [2.75, 3.05) is 19.8 Å². The Morgan fingerprint density at radius 3 is 2.47 bits per heavy atom. The van der Waals surface area contributed by atoms with Gasteiger partial charge in [-0.1, -0.05) is 13.3 Å². The number of amides is 2. The second kappa shape index (κ2) is 5.36. The second-order valence-electron chi connectivity index (χ2n) is 5.70. The Morgan fingerprint density at radius 2 is 2.05 bits per heavy atom. The number of carboxylic acids is 1. The highest BCUT2D eigenvalue weighted by Gasteiger charge is 2.44. The lowest BCUT2D eigenvalue weighted by molar-refractivity contribution is -0.144. The third-order valence-electron chi connectivity index (χ3n) is 4.57. The minimum atomic E-state index is -1.26. The van der Waals surface area contributed by atoms with Gasteiger partial charge in [0.05, 0.1) is 6.61 Å². The Bertz CT molecular complexity index is 354. The molecular weight excluding hydrogens is 248 g/mol. The quantitative estimate of drug-likeness (QED) is 0.698. The van der Waals surface area contributed by atoms with E-state index in [4.69, 9.17) is 4.74 Å². The maximum absolute atomic E-state index is 11.9. The van der Waals surface area contributed by atoms with Gasteiger partial charge in [-0.25, -0.2) is 9.59 Å². The van der Waals surface area contributed by atoms with Gasteiger partial charge in [0.2, 0.25) is 0 Å². The minimum absolute atomic E-state index is 0.0364. The summed E-state index contributed by atoms with van der Waals surface area (Å²) >= 11 is 0. The number of nitrogens with one attached hydrogen (secondary N) is 2. The van der Waals surface area contributed by atoms with E-state index in [9.17, 15) is 14.7 Å². The fourth-order valence-corrected chi connectivity index (χ4v) is 2.75. The molecule has 1 saturated carbocycles. The zero-order valence-electron chi connectivity index (χ0n) is 11.3. The molecule has 0 radical (unpaired) electrons. The molecule has 0 aromatic heterocycles. The van der Waals surface area contributed by atoms with Crippen molar-refractivity contribution in [1.82, 2.24) is 10.6 Å². The van der Waals surface area contributed by atoms with Crippen LogP contribution in [0.4, 0.5) is 4.79 Å². The third-order valence-corrected chi connectivity index (χ3v) is 4.57. The topological polar surface area (TPSA) is 87.7 Å². The molecule has 6 heteroatoms. The van der Waals surface area contributed by atoms with Gasteiger partial charge in [-0.05, 0) is 24.7 Å². The highest BCUT2D eigenvalue weighted by molar-refractivity contribution is 5.86. The summed E-state index contributed by atoms with van der Waals surface area (Å²) in [6.45, 7) is 3.15. The summed E-state index contributed by atoms with van der Waals surface area (Å²) in [7, 11) is 0. The molecule has 1 aliphatic carbocycles. The number of rotatable bonds is 5. The van der Waals surface area contributed by atoms with E-state index in [2.05, 4.69) is 17.6 Å². The summed E-state index contributed by atoms with van der Waals surface area (Å²) in [6.07, 6.45) is 4.84. The van der Waals surface area contributed by atoms with Crippen LogP contribution in [0.15, 0.2) is 0 Å². The van der Waals surface area contributed by atoms with Gasteiger partial charge in [0.15, 0.2) is 5.54 Å². The van der Waals surface area contributed by atoms with Crippen LogP contribution in [0.1, 0.15) is 39.0 Å². The molecule has 1 atom stereocenters. The van der Waals surface area contributed by atoms with Crippen molar-refractivity contribution in [2.45, 2.75) is 44.6 Å². The molecule has 0 aromatic rings. The lowest BCUT2D eigenvalue weighted by Gasteiger charge is -2.41. The first-order chi connectivity index (χ1) is 9.02. The number of carbonyl (C=O) groups excluding carboxylic acids is 1. The van der Waals surface area contributed by atoms with Crippen LogP contribution in [0.3, 0.4) is 0 Å². The molecule has 1 aliphatic heterocycles. The summed E-state index contributed by atoms with van der Waals surface area (Å²) in [6, 6.07) is -0.410. The van der Waals surface area contributed by atoms with Crippen molar-refractivity contribution >= 4 is 12.0 Å². The van der Waals surface area contributed by atoms with E-state index in [0.717, 1.165) is 19.3 Å². The number of aliphatic carboxylic acids is 1. The van der Waals surface area contributed by atoms with Crippen molar-refractivity contribution in [2.24, 2.45) is 5.41 Å². The predicted molar refractivity (Wildman–Crippen MR) is 68.9 cm³/mol. The van der Waals surface area contributed by atoms with E-state index in [1.54, 1.807) is 0 Å². The van der Waals surface area contributed by atoms with Crippen molar-refractivity contribution in [1.29, 1.82) is 0 Å². The molecule has 108 valence electrons. The molecule has 3 N–H and O–H groups in total. The number of urea groups is 1. The lowest BCUT2D eigenvalue weighted by atomic mass is 9.67. The van der Waals surface area contributed by atoms with Gasteiger partial charge in [-0.2, -0.15) is 0 Å². The van der Waals surface area contributed by atoms with Crippen molar-refractivity contribution < 1.29 is 19.4 Å². The molecule has 1 heterocycles. The molecular formula is C13H22N2O4. The number of ether oxygens (including phenoxy) is 1. The Morgan fingerprint density at radius 1 is 1.32 bits per heavy atom. The molecule has 0 aromatic carbocycles. The van der Waals surface area contributed by atoms with E-state index in [0.29, 0.717) is 19.6 Å². The molecule has 1 saturated heterocycles. The van der Waals surface area contributed by atoms with E-state index < -0.39 is 17.5 Å². The summed E-state index contributed by atoms with van der Waals surface area (Å²) in [5.74, 6) is -1.03. The van der Waals surface area contributed by atoms with E-state index in [1.807, 2.05) is 0 Å². The van der Waals surface area contributed by atoms with Gasteiger partial charge in [0.1, 0.15) is 0 Å². The average molecular weight is 270 g/mol. The van der Waals surface area contributed by atoms with E-state index in [-0.39, 0.29) is 12.0 Å². The summed E-state index contributed by atoms with van der Waals surface area (Å²) in [5, 5.41) is 14.6. The number of hydrogen-bond acceptors (Lipinski definition) is 3. The molecule has 19 heavy (non-hydrogen) atoms. The smallest absolute Gasteiger partial charge is 0.332 e. The second-order valence-corrected chi connectivity index (χ2v) is 5.70. The lowest BCUT2D eigenvalue weighted by Crippen LogP contribution is -2.58. The van der Waals surface area contributed by atoms with Gasteiger partial charge >= 0.3 is 12.0 Å². The zero-order chi connectivity index (χ0) is 13.9. The van der Waals surface area contributed by atoms with Gasteiger partial charge in [-0.3, -0.25) is 0 Å². The van der Waals surface area contributed by atoms with Gasteiger partial charge in [0, 0.05) is 19.6 Å². The number of carbonyl (C=O) groups is 2. The van der Waals surface area contributed by atoms with Crippen molar-refractivity contribution in [3.05, 3.63) is 0 Å². The fraction of sp³-hybridized carbons (Fsp3) is 0.846. The number of carboxylic acid groups (broad SMARTS) is 1. The molecule has 2 aliphatic rings. The van der Waals surface area contributed by atoms with Crippen LogP contribution in [0.2, 0.25) is 0 Å². The molecule has 0 bridgehead atoms. The van der Waals surface area contributed by atoms with Gasteiger partial charge in [-0.15, -0.1) is 0 Å². The van der Waals surface area contributed by atoms with Crippen LogP contribution in [0.25, 0.3) is 0 Å². The number of hydrogen-bond donors (Lipinski definition) is 3. The summed E-state index contributed by atoms with van der Waals surface area (Å²) < 4.78 is 5.10. The van der Waals surface area contributed by atoms with Crippen LogP contribution in [-0.4, -0.2) is 42.4 Å². The highest BCUT2D eigenvalue weighted by atomic mass is 16.5. The normalized spacial score (nSPS) is 28.5. The highest BCUT2D eigenvalue weighted by Crippen LogP contribution is 2.43. The predicted octanol–water partition coefficient (Wildman–Crippen LogP) is 1.11. The molecule has 0 spiro atoms. The minimum Gasteiger partial charge on any atom is -0.479 e. The van der Waals surface area contributed by atoms with Crippen LogP contribution < -0.4 is 10.6 Å². The standard InChI is InChI=1S/C13H22N2O4/c1-2-12(4-3-5-12)8-14-11(18)15-13(10(16)17)6-7-19-9-13/h2-9H2,1H3,(H,16,17)(H2,14,15,18). The largest absolute Gasteiger partial charge is 0.479 e. The zero-order valence-corrected chi connectivity index (χ0v) is 11.3. The van der Waals surface area contributed by atoms with Crippen LogP contribution in [0, 0.1) is 5.41 Å². The molecule has 6 nitrogen and oxygen atoms in total. The maximum atomic E-state index is 11.9. The van der Waals surface area contributed by atoms with Gasteiger partial charge in [0.25, 0.3) is 0 Å². The summed E-state index contributed by atoms with van der Waals surface area (Å²) in [5.41, 5.74) is -1.04. The third kappa shape index (κ3) is 2.83. The van der Waals surface area contributed by atoms with Crippen molar-refractivity contribution in [3.63, 3.8) is 0 Å². The van der Waals surface area contributed by atoms with Crippen LogP contribution >= 0.6 is 0 Å². The first-order valence-electron chi connectivity index (χ1n) is 6.89. The Hall–Kier alpha value is -1.30. The van der Waals surface area contributed by atoms with Crippen molar-refractivity contribution in [3.8, 4) is 0 Å². The Labute approximate surface area is 112 Å². The molecule has 2 fully saturated rings. The van der Waals surface area contributed by atoms with Crippen LogP contribution in [-0.2, 0) is 9.53 Å². The average Bonchev–Trinajstić information content (AvgIpc) is 2.78. The maximum Gasteiger partial charge on any atom is 0.332 e. The van der Waals surface area contributed by atoms with Gasteiger partial charge < -0.3 is 20.5 Å². The van der Waals surface area contributed by atoms with Crippen LogP contribution in [0.5, 0.6) is 0 Å². The van der Waals surface area contributed by atoms with E-state index in [1.165, 1.54) is 6.42 Å². The Balaban J connectivity index is 1.85.